The van der Waals surface area contributed by atoms with Gasteiger partial charge in [-0.3, -0.25) is 10.1 Å². The maximum Gasteiger partial charge on any atom is 0.325 e. The van der Waals surface area contributed by atoms with Crippen LogP contribution in [-0.4, -0.2) is 36.4 Å². The van der Waals surface area contributed by atoms with Gasteiger partial charge in [-0.25, -0.2) is 4.39 Å². The van der Waals surface area contributed by atoms with Crippen LogP contribution >= 0.6 is 0 Å². The summed E-state index contributed by atoms with van der Waals surface area (Å²) in [5.41, 5.74) is 0.646. The highest BCUT2D eigenvalue weighted by Gasteiger charge is 2.25. The number of carbonyl (C=O) groups is 1. The topological polar surface area (TPSA) is 58.6 Å². The zero-order chi connectivity index (χ0) is 15.1. The van der Waals surface area contributed by atoms with Crippen LogP contribution in [0, 0.1) is 5.82 Å². The first kappa shape index (κ1) is 16.6. The number of esters is 1. The monoisotopic (exact) mass is 283 g/mol. The largest absolute Gasteiger partial charge is 0.468 e. The molecule has 1 aromatic rings. The second kappa shape index (κ2) is 7.97. The molecule has 0 aliphatic carbocycles. The minimum Gasteiger partial charge on any atom is -0.468 e. The number of hydrogen-bond donors (Lipinski definition) is 2. The molecule has 0 radical (unpaired) electrons. The highest BCUT2D eigenvalue weighted by Crippen LogP contribution is 2.11. The fourth-order valence-electron chi connectivity index (χ4n) is 1.99. The van der Waals surface area contributed by atoms with E-state index in [9.17, 15) is 14.3 Å². The lowest BCUT2D eigenvalue weighted by molar-refractivity contribution is -0.146. The third kappa shape index (κ3) is 4.90. The Morgan fingerprint density at radius 3 is 2.60 bits per heavy atom. The first-order valence-corrected chi connectivity index (χ1v) is 6.71. The average molecular weight is 283 g/mol. The van der Waals surface area contributed by atoms with Crippen LogP contribution in [0.1, 0.15) is 25.8 Å². The van der Waals surface area contributed by atoms with E-state index < -0.39 is 18.1 Å². The molecule has 1 rings (SSSR count). The van der Waals surface area contributed by atoms with E-state index in [1.54, 1.807) is 18.2 Å². The van der Waals surface area contributed by atoms with Crippen LogP contribution in [0.4, 0.5) is 4.39 Å². The summed E-state index contributed by atoms with van der Waals surface area (Å²) >= 11 is 0. The number of carbonyl (C=O) groups excluding carboxylic acids is 1. The van der Waals surface area contributed by atoms with E-state index in [-0.39, 0.29) is 11.9 Å². The predicted octanol–water partition coefficient (Wildman–Crippen LogP) is 1.66. The Bertz CT molecular complexity index is 437. The SMILES string of the molecule is COC(=O)[C@H](N[C@@H](C)CCc1ccccc1F)[C@@H](C)O. The van der Waals surface area contributed by atoms with Crippen LogP contribution in [0.25, 0.3) is 0 Å². The van der Waals surface area contributed by atoms with Crippen LogP contribution in [0.15, 0.2) is 24.3 Å². The van der Waals surface area contributed by atoms with E-state index in [1.807, 2.05) is 6.92 Å². The second-order valence-electron chi connectivity index (χ2n) is 4.94. The van der Waals surface area contributed by atoms with Crippen molar-refractivity contribution in [1.29, 1.82) is 0 Å². The van der Waals surface area contributed by atoms with Gasteiger partial charge in [0.15, 0.2) is 0 Å². The van der Waals surface area contributed by atoms with Gasteiger partial charge in [0.1, 0.15) is 11.9 Å². The quantitative estimate of drug-likeness (QED) is 0.747. The first-order chi connectivity index (χ1) is 9.45. The van der Waals surface area contributed by atoms with Gasteiger partial charge < -0.3 is 9.84 Å². The zero-order valence-corrected chi connectivity index (χ0v) is 12.1. The van der Waals surface area contributed by atoms with Crippen molar-refractivity contribution in [1.82, 2.24) is 5.32 Å². The molecule has 0 heterocycles. The van der Waals surface area contributed by atoms with E-state index in [4.69, 9.17) is 0 Å². The van der Waals surface area contributed by atoms with Gasteiger partial charge in [0.2, 0.25) is 0 Å². The summed E-state index contributed by atoms with van der Waals surface area (Å²) in [5.74, 6) is -0.725. The Balaban J connectivity index is 2.52. The molecule has 0 unspecified atom stereocenters. The molecule has 20 heavy (non-hydrogen) atoms. The van der Waals surface area contributed by atoms with E-state index in [2.05, 4.69) is 10.1 Å². The number of benzene rings is 1. The molecule has 0 aliphatic heterocycles. The van der Waals surface area contributed by atoms with Crippen LogP contribution in [0.2, 0.25) is 0 Å². The molecular formula is C15H22FNO3. The number of aliphatic hydroxyl groups is 1. The molecule has 0 saturated carbocycles. The minimum absolute atomic E-state index is 0.0479. The number of hydrogen-bond acceptors (Lipinski definition) is 4. The molecule has 0 amide bonds. The van der Waals surface area contributed by atoms with Gasteiger partial charge in [0.25, 0.3) is 0 Å². The summed E-state index contributed by atoms with van der Waals surface area (Å²) in [6.07, 6.45) is 0.369. The number of aryl methyl sites for hydroxylation is 1. The third-order valence-electron chi connectivity index (χ3n) is 3.21. The molecule has 0 aromatic heterocycles. The molecule has 0 bridgehead atoms. The van der Waals surface area contributed by atoms with Gasteiger partial charge in [-0.05, 0) is 38.3 Å². The number of halogens is 1. The van der Waals surface area contributed by atoms with Crippen molar-refractivity contribution >= 4 is 5.97 Å². The molecule has 0 fully saturated rings. The van der Waals surface area contributed by atoms with Gasteiger partial charge in [-0.1, -0.05) is 18.2 Å². The van der Waals surface area contributed by atoms with E-state index in [1.165, 1.54) is 20.1 Å². The number of ether oxygens (including phenoxy) is 1. The smallest absolute Gasteiger partial charge is 0.325 e. The molecule has 0 aliphatic rings. The summed E-state index contributed by atoms with van der Waals surface area (Å²) in [4.78, 5) is 11.5. The summed E-state index contributed by atoms with van der Waals surface area (Å²) in [5, 5.41) is 12.6. The Morgan fingerprint density at radius 2 is 2.05 bits per heavy atom. The Kier molecular flexibility index (Phi) is 6.61. The maximum atomic E-state index is 13.5. The van der Waals surface area contributed by atoms with E-state index >= 15 is 0 Å². The third-order valence-corrected chi connectivity index (χ3v) is 3.21. The van der Waals surface area contributed by atoms with Crippen molar-refractivity contribution in [2.24, 2.45) is 0 Å². The molecule has 2 N–H and O–H groups in total. The van der Waals surface area contributed by atoms with Crippen LogP contribution in [0.3, 0.4) is 0 Å². The standard InChI is InChI=1S/C15H22FNO3/c1-10(17-14(11(2)18)15(19)20-3)8-9-12-6-4-5-7-13(12)16/h4-7,10-11,14,17-18H,8-9H2,1-3H3/t10-,11+,14+/m0/s1. The lowest BCUT2D eigenvalue weighted by Gasteiger charge is -2.23. The van der Waals surface area contributed by atoms with E-state index in [0.29, 0.717) is 18.4 Å². The molecule has 3 atom stereocenters. The van der Waals surface area contributed by atoms with Crippen molar-refractivity contribution in [3.05, 3.63) is 35.6 Å². The highest BCUT2D eigenvalue weighted by atomic mass is 19.1. The van der Waals surface area contributed by atoms with Gasteiger partial charge in [-0.2, -0.15) is 0 Å². The first-order valence-electron chi connectivity index (χ1n) is 6.71. The van der Waals surface area contributed by atoms with Gasteiger partial charge in [0.05, 0.1) is 13.2 Å². The summed E-state index contributed by atoms with van der Waals surface area (Å²) in [6.45, 7) is 3.41. The van der Waals surface area contributed by atoms with Gasteiger partial charge in [-0.15, -0.1) is 0 Å². The van der Waals surface area contributed by atoms with Gasteiger partial charge in [0, 0.05) is 6.04 Å². The summed E-state index contributed by atoms with van der Waals surface area (Å²) in [7, 11) is 1.28. The summed E-state index contributed by atoms with van der Waals surface area (Å²) < 4.78 is 18.1. The maximum absolute atomic E-state index is 13.5. The highest BCUT2D eigenvalue weighted by molar-refractivity contribution is 5.76. The van der Waals surface area contributed by atoms with E-state index in [0.717, 1.165) is 0 Å². The van der Waals surface area contributed by atoms with Crippen molar-refractivity contribution in [3.63, 3.8) is 0 Å². The number of rotatable bonds is 7. The fourth-order valence-corrected chi connectivity index (χ4v) is 1.99. The molecule has 0 spiro atoms. The lowest BCUT2D eigenvalue weighted by atomic mass is 10.0. The molecular weight excluding hydrogens is 261 g/mol. The summed E-state index contributed by atoms with van der Waals surface area (Å²) in [6, 6.07) is 5.81. The number of aliphatic hydroxyl groups excluding tert-OH is 1. The minimum atomic E-state index is -0.849. The fraction of sp³-hybridized carbons (Fsp3) is 0.533. The number of methoxy groups -OCH3 is 1. The molecule has 4 nitrogen and oxygen atoms in total. The Morgan fingerprint density at radius 1 is 1.40 bits per heavy atom. The lowest BCUT2D eigenvalue weighted by Crippen LogP contribution is -2.49. The number of nitrogens with one attached hydrogen (secondary N) is 1. The average Bonchev–Trinajstić information content (AvgIpc) is 2.42. The second-order valence-corrected chi connectivity index (χ2v) is 4.94. The van der Waals surface area contributed by atoms with Crippen LogP contribution < -0.4 is 5.32 Å². The zero-order valence-electron chi connectivity index (χ0n) is 12.1. The van der Waals surface area contributed by atoms with Crippen molar-refractivity contribution in [3.8, 4) is 0 Å². The van der Waals surface area contributed by atoms with Crippen LogP contribution in [0.5, 0.6) is 0 Å². The Hall–Kier alpha value is -1.46. The normalized spacial score (nSPS) is 15.4. The Labute approximate surface area is 119 Å². The van der Waals surface area contributed by atoms with Crippen molar-refractivity contribution < 1.29 is 19.0 Å². The van der Waals surface area contributed by atoms with Gasteiger partial charge >= 0.3 is 5.97 Å². The van der Waals surface area contributed by atoms with Crippen molar-refractivity contribution in [2.75, 3.05) is 7.11 Å². The molecule has 1 aromatic carbocycles. The molecule has 112 valence electrons. The molecule has 0 saturated heterocycles. The predicted molar refractivity (Wildman–Crippen MR) is 74.8 cm³/mol. The molecule has 5 heteroatoms. The van der Waals surface area contributed by atoms with Crippen LogP contribution in [-0.2, 0) is 16.0 Å². The van der Waals surface area contributed by atoms with Crippen molar-refractivity contribution in [2.45, 2.75) is 44.9 Å².